The van der Waals surface area contributed by atoms with Crippen molar-refractivity contribution in [1.82, 2.24) is 0 Å². The summed E-state index contributed by atoms with van der Waals surface area (Å²) in [6.07, 6.45) is -2.58. The van der Waals surface area contributed by atoms with Crippen LogP contribution < -0.4 is 5.73 Å². The number of allylic oxidation sites excluding steroid dienone is 1. The Morgan fingerprint density at radius 1 is 1.21 bits per heavy atom. The summed E-state index contributed by atoms with van der Waals surface area (Å²) < 4.78 is 44.2. The van der Waals surface area contributed by atoms with Crippen LogP contribution in [-0.4, -0.2) is 18.8 Å². The molecule has 0 fully saturated rings. The summed E-state index contributed by atoms with van der Waals surface area (Å²) in [4.78, 5) is 0. The average molecular weight is 269 g/mol. The minimum atomic E-state index is -4.50. The highest BCUT2D eigenvalue weighted by Gasteiger charge is 2.51. The summed E-state index contributed by atoms with van der Waals surface area (Å²) in [5.41, 5.74) is 4.28. The van der Waals surface area contributed by atoms with Crippen molar-refractivity contribution in [2.75, 3.05) is 7.11 Å². The number of hydrogen-bond acceptors (Lipinski definition) is 2. The number of hydrogen-bond donors (Lipinski definition) is 1. The van der Waals surface area contributed by atoms with E-state index in [2.05, 4.69) is 0 Å². The molecular formula is C14H14F3NO. The van der Waals surface area contributed by atoms with E-state index in [4.69, 9.17) is 10.5 Å². The lowest BCUT2D eigenvalue weighted by Crippen LogP contribution is -2.52. The molecule has 2 N–H and O–H groups in total. The van der Waals surface area contributed by atoms with Crippen LogP contribution in [0.15, 0.2) is 48.2 Å². The molecule has 5 heteroatoms. The van der Waals surface area contributed by atoms with E-state index in [1.807, 2.05) is 0 Å². The van der Waals surface area contributed by atoms with Crippen LogP contribution >= 0.6 is 0 Å². The fourth-order valence-corrected chi connectivity index (χ4v) is 2.03. The van der Waals surface area contributed by atoms with Crippen molar-refractivity contribution < 1.29 is 17.9 Å². The molecule has 1 unspecified atom stereocenters. The normalized spacial score (nSPS) is 23.6. The lowest BCUT2D eigenvalue weighted by molar-refractivity contribution is -0.170. The van der Waals surface area contributed by atoms with Crippen molar-refractivity contribution in [3.63, 3.8) is 0 Å². The van der Waals surface area contributed by atoms with Crippen LogP contribution in [0.2, 0.25) is 0 Å². The molecular weight excluding hydrogens is 255 g/mol. The highest BCUT2D eigenvalue weighted by atomic mass is 19.4. The molecule has 0 amide bonds. The van der Waals surface area contributed by atoms with E-state index >= 15 is 0 Å². The molecule has 0 radical (unpaired) electrons. The van der Waals surface area contributed by atoms with Gasteiger partial charge in [0.1, 0.15) is 11.3 Å². The molecule has 0 saturated heterocycles. The first-order chi connectivity index (χ1) is 8.87. The molecule has 1 aliphatic rings. The van der Waals surface area contributed by atoms with Gasteiger partial charge in [-0.3, -0.25) is 0 Å². The molecule has 2 nitrogen and oxygen atoms in total. The molecule has 1 atom stereocenters. The van der Waals surface area contributed by atoms with Crippen LogP contribution in [0.5, 0.6) is 0 Å². The summed E-state index contributed by atoms with van der Waals surface area (Å²) in [5.74, 6) is 0.413. The van der Waals surface area contributed by atoms with Crippen LogP contribution in [0, 0.1) is 0 Å². The van der Waals surface area contributed by atoms with Gasteiger partial charge in [0, 0.05) is 12.0 Å². The van der Waals surface area contributed by atoms with Crippen molar-refractivity contribution >= 4 is 5.57 Å². The minimum absolute atomic E-state index is 0.333. The smallest absolute Gasteiger partial charge is 0.410 e. The Balaban J connectivity index is 2.45. The number of alkyl halides is 3. The number of benzene rings is 1. The summed E-state index contributed by atoms with van der Waals surface area (Å²) >= 11 is 0. The van der Waals surface area contributed by atoms with Crippen molar-refractivity contribution in [1.29, 1.82) is 0 Å². The molecule has 0 spiro atoms. The number of rotatable bonds is 2. The Kier molecular flexibility index (Phi) is 3.41. The van der Waals surface area contributed by atoms with E-state index < -0.39 is 11.7 Å². The van der Waals surface area contributed by atoms with E-state index in [0.29, 0.717) is 16.9 Å². The molecule has 0 aliphatic heterocycles. The van der Waals surface area contributed by atoms with Crippen molar-refractivity contribution in [3.8, 4) is 0 Å². The second-order valence-corrected chi connectivity index (χ2v) is 4.46. The molecule has 1 aromatic carbocycles. The van der Waals surface area contributed by atoms with E-state index in [1.54, 1.807) is 30.3 Å². The van der Waals surface area contributed by atoms with Gasteiger partial charge in [-0.05, 0) is 11.6 Å². The summed E-state index contributed by atoms with van der Waals surface area (Å²) in [6, 6.07) is 8.81. The highest BCUT2D eigenvalue weighted by Crippen LogP contribution is 2.41. The van der Waals surface area contributed by atoms with Crippen LogP contribution in [0.25, 0.3) is 5.57 Å². The predicted molar refractivity (Wildman–Crippen MR) is 67.1 cm³/mol. The molecule has 0 heterocycles. The van der Waals surface area contributed by atoms with Gasteiger partial charge < -0.3 is 10.5 Å². The first kappa shape index (κ1) is 13.7. The molecule has 1 aliphatic carbocycles. The zero-order valence-electron chi connectivity index (χ0n) is 10.4. The maximum absolute atomic E-state index is 13.0. The first-order valence-corrected chi connectivity index (χ1v) is 5.75. The quantitative estimate of drug-likeness (QED) is 0.894. The fraction of sp³-hybridized carbons (Fsp3) is 0.286. The predicted octanol–water partition coefficient (Wildman–Crippen LogP) is 3.26. The SMILES string of the molecule is COC1=C(c2ccccc2)CC(N)(C(F)(F)F)C=C1. The largest absolute Gasteiger partial charge is 0.496 e. The number of halogens is 3. The summed E-state index contributed by atoms with van der Waals surface area (Å²) in [6.45, 7) is 0. The van der Waals surface area contributed by atoms with E-state index in [9.17, 15) is 13.2 Å². The molecule has 2 rings (SSSR count). The van der Waals surface area contributed by atoms with Gasteiger partial charge in [-0.2, -0.15) is 13.2 Å². The molecule has 102 valence electrons. The van der Waals surface area contributed by atoms with Crippen molar-refractivity contribution in [2.45, 2.75) is 18.1 Å². The maximum Gasteiger partial charge on any atom is 0.410 e. The average Bonchev–Trinajstić information content (AvgIpc) is 2.38. The Labute approximate surface area is 109 Å². The third kappa shape index (κ3) is 2.51. The number of nitrogens with two attached hydrogens (primary N) is 1. The van der Waals surface area contributed by atoms with Crippen LogP contribution in [0.4, 0.5) is 13.2 Å². The van der Waals surface area contributed by atoms with Crippen molar-refractivity contribution in [2.24, 2.45) is 5.73 Å². The van der Waals surface area contributed by atoms with E-state index in [1.165, 1.54) is 13.2 Å². The third-order valence-corrected chi connectivity index (χ3v) is 3.17. The Morgan fingerprint density at radius 2 is 1.84 bits per heavy atom. The number of methoxy groups -OCH3 is 1. The lowest BCUT2D eigenvalue weighted by Gasteiger charge is -2.33. The zero-order chi connectivity index (χ0) is 14.1. The zero-order valence-corrected chi connectivity index (χ0v) is 10.4. The second-order valence-electron chi connectivity index (χ2n) is 4.46. The molecule has 0 bridgehead atoms. The first-order valence-electron chi connectivity index (χ1n) is 5.75. The van der Waals surface area contributed by atoms with Gasteiger partial charge in [-0.25, -0.2) is 0 Å². The Bertz CT molecular complexity index is 519. The molecule has 0 aromatic heterocycles. The minimum Gasteiger partial charge on any atom is -0.496 e. The maximum atomic E-state index is 13.0. The molecule has 1 aromatic rings. The van der Waals surface area contributed by atoms with Gasteiger partial charge in [0.15, 0.2) is 0 Å². The standard InChI is InChI=1S/C14H14F3NO/c1-19-12-7-8-13(18,14(15,16)17)9-11(12)10-5-3-2-4-6-10/h2-8H,9,18H2,1H3. The van der Waals surface area contributed by atoms with Crippen LogP contribution in [0.3, 0.4) is 0 Å². The van der Waals surface area contributed by atoms with E-state index in [0.717, 1.165) is 6.08 Å². The highest BCUT2D eigenvalue weighted by molar-refractivity contribution is 5.72. The van der Waals surface area contributed by atoms with Crippen molar-refractivity contribution in [3.05, 3.63) is 53.8 Å². The van der Waals surface area contributed by atoms with Gasteiger partial charge >= 0.3 is 6.18 Å². The molecule has 19 heavy (non-hydrogen) atoms. The Morgan fingerprint density at radius 3 is 2.37 bits per heavy atom. The summed E-state index contributed by atoms with van der Waals surface area (Å²) in [5, 5.41) is 0. The van der Waals surface area contributed by atoms with Gasteiger partial charge in [0.05, 0.1) is 7.11 Å². The van der Waals surface area contributed by atoms with E-state index in [-0.39, 0.29) is 6.42 Å². The van der Waals surface area contributed by atoms with Crippen LogP contribution in [0.1, 0.15) is 12.0 Å². The number of ether oxygens (including phenoxy) is 1. The monoisotopic (exact) mass is 269 g/mol. The van der Waals surface area contributed by atoms with Crippen LogP contribution in [-0.2, 0) is 4.74 Å². The van der Waals surface area contributed by atoms with Gasteiger partial charge in [0.2, 0.25) is 0 Å². The van der Waals surface area contributed by atoms with Gasteiger partial charge in [-0.15, -0.1) is 0 Å². The second kappa shape index (κ2) is 4.74. The topological polar surface area (TPSA) is 35.2 Å². The third-order valence-electron chi connectivity index (χ3n) is 3.17. The fourth-order valence-electron chi connectivity index (χ4n) is 2.03. The summed E-state index contributed by atoms with van der Waals surface area (Å²) in [7, 11) is 1.43. The van der Waals surface area contributed by atoms with Gasteiger partial charge in [0.25, 0.3) is 0 Å². The molecule has 0 saturated carbocycles. The van der Waals surface area contributed by atoms with Gasteiger partial charge in [-0.1, -0.05) is 36.4 Å². The Hall–Kier alpha value is -1.75. The lowest BCUT2D eigenvalue weighted by atomic mass is 9.83.